The van der Waals surface area contributed by atoms with Gasteiger partial charge in [-0.15, -0.1) is 0 Å². The average molecular weight is 456 g/mol. The molecule has 172 valence electrons. The number of halogens is 3. The van der Waals surface area contributed by atoms with Crippen molar-refractivity contribution in [2.45, 2.75) is 32.6 Å². The molecule has 0 aromatic carbocycles. The number of aryl methyl sites for hydroxylation is 2. The predicted molar refractivity (Wildman–Crippen MR) is 115 cm³/mol. The van der Waals surface area contributed by atoms with Crippen LogP contribution in [0.5, 0.6) is 0 Å². The molecule has 3 aromatic heterocycles. The topological polar surface area (TPSA) is 67.2 Å². The minimum atomic E-state index is -4.47. The fourth-order valence-electron chi connectivity index (χ4n) is 4.55. The van der Waals surface area contributed by atoms with E-state index in [0.29, 0.717) is 38.3 Å². The Bertz CT molecular complexity index is 1220. The third-order valence-corrected chi connectivity index (χ3v) is 6.22. The smallest absolute Gasteiger partial charge is 0.371 e. The molecule has 5 rings (SSSR count). The van der Waals surface area contributed by atoms with Crippen LogP contribution in [0.25, 0.3) is 11.1 Å². The summed E-state index contributed by atoms with van der Waals surface area (Å²) in [6.07, 6.45) is 0.829. The summed E-state index contributed by atoms with van der Waals surface area (Å²) >= 11 is 0. The zero-order chi connectivity index (χ0) is 23.3. The Labute approximate surface area is 188 Å². The summed E-state index contributed by atoms with van der Waals surface area (Å²) in [6.45, 7) is 4.01. The Morgan fingerprint density at radius 3 is 2.70 bits per heavy atom. The number of anilines is 1. The number of amides is 1. The van der Waals surface area contributed by atoms with Crippen molar-refractivity contribution in [1.29, 1.82) is 0 Å². The Morgan fingerprint density at radius 2 is 2.00 bits per heavy atom. The van der Waals surface area contributed by atoms with Crippen molar-refractivity contribution in [3.05, 3.63) is 59.4 Å². The second kappa shape index (κ2) is 7.86. The molecule has 2 aliphatic heterocycles. The maximum absolute atomic E-state index is 13.0. The molecule has 10 heteroatoms. The molecule has 5 heterocycles. The standard InChI is InChI=1S/C23H23F3N6O/c1-14-5-18(16-8-28-30(2)11-16)19-12-32(13-20(19)29-14)22(33)6-15-9-31(10-15)17-3-4-27-21(7-17)23(24,25)26/h3-5,7-8,11,15H,6,9-10,12-13H2,1-2H3. The number of hydrogen-bond donors (Lipinski definition) is 0. The largest absolute Gasteiger partial charge is 0.433 e. The van der Waals surface area contributed by atoms with Crippen LogP contribution in [0.2, 0.25) is 0 Å². The molecule has 0 radical (unpaired) electrons. The molecule has 0 saturated carbocycles. The lowest BCUT2D eigenvalue weighted by atomic mass is 9.95. The van der Waals surface area contributed by atoms with Gasteiger partial charge < -0.3 is 9.80 Å². The Balaban J connectivity index is 1.22. The lowest BCUT2D eigenvalue weighted by Crippen LogP contribution is -2.48. The first-order valence-electron chi connectivity index (χ1n) is 10.7. The van der Waals surface area contributed by atoms with Crippen molar-refractivity contribution in [1.82, 2.24) is 24.6 Å². The Hall–Kier alpha value is -3.43. The summed E-state index contributed by atoms with van der Waals surface area (Å²) in [5.74, 6) is 0.148. The van der Waals surface area contributed by atoms with Crippen molar-refractivity contribution in [3.63, 3.8) is 0 Å². The van der Waals surface area contributed by atoms with Crippen molar-refractivity contribution in [2.75, 3.05) is 18.0 Å². The summed E-state index contributed by atoms with van der Waals surface area (Å²) in [4.78, 5) is 24.7. The van der Waals surface area contributed by atoms with Gasteiger partial charge in [-0.05, 0) is 30.7 Å². The highest BCUT2D eigenvalue weighted by Crippen LogP contribution is 2.35. The number of rotatable bonds is 4. The van der Waals surface area contributed by atoms with E-state index in [1.54, 1.807) is 10.7 Å². The average Bonchev–Trinajstić information content (AvgIpc) is 3.35. The minimum absolute atomic E-state index is 0.0400. The number of alkyl halides is 3. The monoisotopic (exact) mass is 456 g/mol. The number of pyridine rings is 2. The highest BCUT2D eigenvalue weighted by atomic mass is 19.4. The fraction of sp³-hybridized carbons (Fsp3) is 0.391. The maximum Gasteiger partial charge on any atom is 0.433 e. The summed E-state index contributed by atoms with van der Waals surface area (Å²) in [7, 11) is 1.87. The second-order valence-electron chi connectivity index (χ2n) is 8.76. The van der Waals surface area contributed by atoms with Crippen LogP contribution < -0.4 is 4.90 Å². The molecule has 0 bridgehead atoms. The fourth-order valence-corrected chi connectivity index (χ4v) is 4.55. The van der Waals surface area contributed by atoms with Gasteiger partial charge in [-0.3, -0.25) is 19.4 Å². The van der Waals surface area contributed by atoms with Crippen LogP contribution in [0.4, 0.5) is 18.9 Å². The zero-order valence-corrected chi connectivity index (χ0v) is 18.3. The molecule has 1 amide bonds. The van der Waals surface area contributed by atoms with Crippen molar-refractivity contribution in [3.8, 4) is 11.1 Å². The molecule has 0 N–H and O–H groups in total. The number of nitrogens with zero attached hydrogens (tertiary/aromatic N) is 6. The molecule has 0 atom stereocenters. The third-order valence-electron chi connectivity index (χ3n) is 6.22. The number of carbonyl (C=O) groups is 1. The summed E-state index contributed by atoms with van der Waals surface area (Å²) in [5, 5.41) is 4.26. The van der Waals surface area contributed by atoms with Crippen LogP contribution in [-0.4, -0.2) is 43.6 Å². The van der Waals surface area contributed by atoms with Crippen molar-refractivity contribution in [2.24, 2.45) is 13.0 Å². The van der Waals surface area contributed by atoms with Crippen molar-refractivity contribution < 1.29 is 18.0 Å². The van der Waals surface area contributed by atoms with E-state index in [-0.39, 0.29) is 11.8 Å². The predicted octanol–water partition coefficient (Wildman–Crippen LogP) is 3.57. The quantitative estimate of drug-likeness (QED) is 0.601. The van der Waals surface area contributed by atoms with E-state index in [1.165, 1.54) is 6.20 Å². The van der Waals surface area contributed by atoms with E-state index in [1.807, 2.05) is 42.2 Å². The summed E-state index contributed by atoms with van der Waals surface area (Å²) in [6, 6.07) is 4.65. The Kier molecular flexibility index (Phi) is 5.10. The zero-order valence-electron chi connectivity index (χ0n) is 18.3. The highest BCUT2D eigenvalue weighted by molar-refractivity contribution is 5.79. The number of fused-ring (bicyclic) bond motifs is 1. The van der Waals surface area contributed by atoms with Gasteiger partial charge in [0.05, 0.1) is 18.4 Å². The molecule has 0 spiro atoms. The maximum atomic E-state index is 13.0. The summed E-state index contributed by atoms with van der Waals surface area (Å²) < 4.78 is 40.5. The van der Waals surface area contributed by atoms with Crippen LogP contribution >= 0.6 is 0 Å². The van der Waals surface area contributed by atoms with E-state index in [0.717, 1.165) is 34.1 Å². The van der Waals surface area contributed by atoms with E-state index >= 15 is 0 Å². The van der Waals surface area contributed by atoms with Crippen LogP contribution in [-0.2, 0) is 31.1 Å². The Morgan fingerprint density at radius 1 is 1.21 bits per heavy atom. The lowest BCUT2D eigenvalue weighted by molar-refractivity contribution is -0.141. The van der Waals surface area contributed by atoms with Gasteiger partial charge in [0.25, 0.3) is 0 Å². The van der Waals surface area contributed by atoms with Gasteiger partial charge in [-0.1, -0.05) is 0 Å². The van der Waals surface area contributed by atoms with E-state index in [2.05, 4.69) is 15.1 Å². The van der Waals surface area contributed by atoms with Gasteiger partial charge in [0.1, 0.15) is 5.69 Å². The number of carbonyl (C=O) groups excluding carboxylic acids is 1. The lowest BCUT2D eigenvalue weighted by Gasteiger charge is -2.41. The molecule has 2 aliphatic rings. The van der Waals surface area contributed by atoms with E-state index in [9.17, 15) is 18.0 Å². The molecule has 1 saturated heterocycles. The molecule has 0 aliphatic carbocycles. The second-order valence-corrected chi connectivity index (χ2v) is 8.76. The van der Waals surface area contributed by atoms with Crippen LogP contribution in [0.1, 0.15) is 29.1 Å². The molecule has 7 nitrogen and oxygen atoms in total. The highest BCUT2D eigenvalue weighted by Gasteiger charge is 2.36. The normalized spacial score (nSPS) is 16.2. The van der Waals surface area contributed by atoms with Crippen LogP contribution in [0, 0.1) is 12.8 Å². The third kappa shape index (κ3) is 4.17. The first-order valence-corrected chi connectivity index (χ1v) is 10.7. The molecule has 3 aromatic rings. The molecule has 0 unspecified atom stereocenters. The molecular formula is C23H23F3N6O. The van der Waals surface area contributed by atoms with Gasteiger partial charge in [0.15, 0.2) is 0 Å². The van der Waals surface area contributed by atoms with Gasteiger partial charge >= 0.3 is 6.18 Å². The van der Waals surface area contributed by atoms with Gasteiger partial charge in [0, 0.05) is 73.9 Å². The van der Waals surface area contributed by atoms with E-state index in [4.69, 9.17) is 0 Å². The van der Waals surface area contributed by atoms with Gasteiger partial charge in [-0.2, -0.15) is 18.3 Å². The van der Waals surface area contributed by atoms with Gasteiger partial charge in [0.2, 0.25) is 5.91 Å². The molecule has 1 fully saturated rings. The number of hydrogen-bond acceptors (Lipinski definition) is 5. The van der Waals surface area contributed by atoms with Gasteiger partial charge in [-0.25, -0.2) is 0 Å². The molecule has 33 heavy (non-hydrogen) atoms. The van der Waals surface area contributed by atoms with Crippen molar-refractivity contribution >= 4 is 11.6 Å². The van der Waals surface area contributed by atoms with Crippen LogP contribution in [0.3, 0.4) is 0 Å². The minimum Gasteiger partial charge on any atom is -0.371 e. The molecular weight excluding hydrogens is 433 g/mol. The SMILES string of the molecule is Cc1cc(-c2cnn(C)c2)c2c(n1)CN(C(=O)CC1CN(c3ccnc(C(F)(F)F)c3)C1)C2. The first kappa shape index (κ1) is 21.4. The van der Waals surface area contributed by atoms with E-state index < -0.39 is 11.9 Å². The summed E-state index contributed by atoms with van der Waals surface area (Å²) in [5.41, 5.74) is 4.49. The van der Waals surface area contributed by atoms with Crippen LogP contribution in [0.15, 0.2) is 36.8 Å². The number of aromatic nitrogens is 4. The first-order chi connectivity index (χ1) is 15.7.